The van der Waals surface area contributed by atoms with Gasteiger partial charge < -0.3 is 10.6 Å². The second-order valence-corrected chi connectivity index (χ2v) is 19.1. The van der Waals surface area contributed by atoms with E-state index in [2.05, 4.69) is 168 Å². The van der Waals surface area contributed by atoms with E-state index in [1.807, 2.05) is 36.4 Å². The van der Waals surface area contributed by atoms with Crippen molar-refractivity contribution < 1.29 is 9.59 Å². The normalized spacial score (nSPS) is 15.4. The molecule has 0 radical (unpaired) electrons. The Hall–Kier alpha value is -5.92. The van der Waals surface area contributed by atoms with Gasteiger partial charge >= 0.3 is 0 Å². The summed E-state index contributed by atoms with van der Waals surface area (Å²) in [6, 6.07) is 66.7. The molecule has 6 heteroatoms. The Morgan fingerprint density at radius 1 is 0.379 bits per heavy atom. The van der Waals surface area contributed by atoms with E-state index in [-0.39, 0.29) is 23.9 Å². The van der Waals surface area contributed by atoms with Gasteiger partial charge in [0, 0.05) is 33.8 Å². The van der Waals surface area contributed by atoms with Gasteiger partial charge in [-0.2, -0.15) is 0 Å². The third-order valence-electron chi connectivity index (χ3n) is 11.2. The van der Waals surface area contributed by atoms with E-state index in [0.717, 1.165) is 57.8 Å². The van der Waals surface area contributed by atoms with Crippen molar-refractivity contribution in [3.8, 4) is 0 Å². The highest BCUT2D eigenvalue weighted by atomic mass is 31.1. The number of hydrogen-bond acceptors (Lipinski definition) is 2. The predicted octanol–water partition coefficient (Wildman–Crippen LogP) is 8.98. The molecular formula is C52H44N2O2P2. The second kappa shape index (κ2) is 17.3. The van der Waals surface area contributed by atoms with E-state index in [9.17, 15) is 9.59 Å². The minimum absolute atomic E-state index is 0.102. The third-order valence-corrected chi connectivity index (χ3v) is 16.3. The lowest BCUT2D eigenvalue weighted by atomic mass is 9.89. The van der Waals surface area contributed by atoms with Gasteiger partial charge in [0.15, 0.2) is 0 Å². The number of carbonyl (C=O) groups excluding carboxylic acids is 2. The Labute approximate surface area is 342 Å². The van der Waals surface area contributed by atoms with Crippen LogP contribution in [-0.4, -0.2) is 23.9 Å². The molecule has 58 heavy (non-hydrogen) atoms. The average Bonchev–Trinajstić information content (AvgIpc) is 3.29. The van der Waals surface area contributed by atoms with Crippen LogP contribution in [0.1, 0.15) is 46.4 Å². The molecule has 284 valence electrons. The molecule has 0 unspecified atom stereocenters. The number of rotatable bonds is 10. The minimum atomic E-state index is -1.07. The number of fused-ring (bicyclic) bond motifs is 2. The maximum Gasteiger partial charge on any atom is 0.252 e. The molecule has 1 fully saturated rings. The van der Waals surface area contributed by atoms with Gasteiger partial charge in [-0.1, -0.05) is 195 Å². The largest absolute Gasteiger partial charge is 0.347 e. The summed E-state index contributed by atoms with van der Waals surface area (Å²) in [5.74, 6) is -0.205. The van der Waals surface area contributed by atoms with Crippen molar-refractivity contribution in [1.82, 2.24) is 10.6 Å². The lowest BCUT2D eigenvalue weighted by molar-refractivity contribution is 0.0864. The van der Waals surface area contributed by atoms with Crippen LogP contribution in [-0.2, 0) is 0 Å². The molecule has 1 aliphatic carbocycles. The molecule has 9 rings (SSSR count). The van der Waals surface area contributed by atoms with Crippen molar-refractivity contribution in [2.24, 2.45) is 0 Å². The van der Waals surface area contributed by atoms with Crippen molar-refractivity contribution >= 4 is 81.0 Å². The fourth-order valence-electron chi connectivity index (χ4n) is 8.45. The summed E-state index contributed by atoms with van der Waals surface area (Å²) in [4.78, 5) is 29.7. The predicted molar refractivity (Wildman–Crippen MR) is 246 cm³/mol. The van der Waals surface area contributed by atoms with Crippen LogP contribution in [0.5, 0.6) is 0 Å². The van der Waals surface area contributed by atoms with Crippen LogP contribution in [0.2, 0.25) is 0 Å². The molecule has 2 atom stereocenters. The van der Waals surface area contributed by atoms with Crippen LogP contribution in [0.15, 0.2) is 194 Å². The summed E-state index contributed by atoms with van der Waals surface area (Å²) in [6.45, 7) is 0. The van der Waals surface area contributed by atoms with E-state index in [1.54, 1.807) is 0 Å². The first-order chi connectivity index (χ1) is 28.6. The smallest absolute Gasteiger partial charge is 0.252 e. The van der Waals surface area contributed by atoms with Crippen LogP contribution in [0.25, 0.3) is 21.5 Å². The van der Waals surface area contributed by atoms with Crippen molar-refractivity contribution in [3.05, 3.63) is 205 Å². The SMILES string of the molecule is O=C(N[C@@H]1CCCC[C@H]1NC(=O)c1ccc2ccccc2c1P(c1ccccc1)c1ccccc1)c1ccc2ccccc2c1P(c1ccccc1)c1ccccc1. The minimum Gasteiger partial charge on any atom is -0.347 e. The van der Waals surface area contributed by atoms with Crippen LogP contribution >= 0.6 is 15.8 Å². The Bertz CT molecular complexity index is 2420. The molecule has 2 N–H and O–H groups in total. The summed E-state index contributed by atoms with van der Waals surface area (Å²) < 4.78 is 0. The first-order valence-electron chi connectivity index (χ1n) is 20.1. The Morgan fingerprint density at radius 3 is 1.03 bits per heavy atom. The monoisotopic (exact) mass is 790 g/mol. The highest BCUT2D eigenvalue weighted by Gasteiger charge is 2.33. The van der Waals surface area contributed by atoms with Gasteiger partial charge in [0.05, 0.1) is 0 Å². The summed E-state index contributed by atoms with van der Waals surface area (Å²) in [6.07, 6.45) is 3.54. The molecule has 0 aromatic heterocycles. The zero-order valence-corrected chi connectivity index (χ0v) is 34.0. The van der Waals surface area contributed by atoms with E-state index in [1.165, 1.54) is 21.2 Å². The summed E-state index contributed by atoms with van der Waals surface area (Å²) >= 11 is 0. The first kappa shape index (κ1) is 37.6. The van der Waals surface area contributed by atoms with Gasteiger partial charge in [0.1, 0.15) is 0 Å². The van der Waals surface area contributed by atoms with E-state index in [4.69, 9.17) is 0 Å². The zero-order chi connectivity index (χ0) is 39.3. The molecule has 0 aliphatic heterocycles. The Balaban J connectivity index is 1.08. The molecule has 4 nitrogen and oxygen atoms in total. The average molecular weight is 791 g/mol. The van der Waals surface area contributed by atoms with Crippen molar-refractivity contribution in [3.63, 3.8) is 0 Å². The van der Waals surface area contributed by atoms with Gasteiger partial charge in [-0.15, -0.1) is 0 Å². The van der Waals surface area contributed by atoms with Gasteiger partial charge in [-0.25, -0.2) is 0 Å². The highest BCUT2D eigenvalue weighted by molar-refractivity contribution is 7.80. The fraction of sp³-hybridized carbons (Fsp3) is 0.115. The molecule has 8 aromatic rings. The Morgan fingerprint density at radius 2 is 0.690 bits per heavy atom. The molecule has 1 saturated carbocycles. The van der Waals surface area contributed by atoms with Crippen LogP contribution < -0.4 is 42.5 Å². The number of benzene rings is 8. The number of carbonyl (C=O) groups is 2. The summed E-state index contributed by atoms with van der Waals surface area (Å²) in [5.41, 5.74) is 1.36. The number of nitrogens with one attached hydrogen (secondary N) is 2. The molecule has 0 heterocycles. The number of hydrogen-bond donors (Lipinski definition) is 2. The summed E-state index contributed by atoms with van der Waals surface area (Å²) in [5, 5.41) is 18.2. The molecular weight excluding hydrogens is 747 g/mol. The van der Waals surface area contributed by atoms with Crippen molar-refractivity contribution in [1.29, 1.82) is 0 Å². The first-order valence-corrected chi connectivity index (χ1v) is 22.8. The molecule has 0 spiro atoms. The molecule has 1 aliphatic rings. The van der Waals surface area contributed by atoms with Gasteiger partial charge in [-0.3, -0.25) is 9.59 Å². The molecule has 8 aromatic carbocycles. The van der Waals surface area contributed by atoms with Crippen molar-refractivity contribution in [2.45, 2.75) is 37.8 Å². The standard InChI is InChI=1S/C52H44N2O2P2/c55-51(45-35-33-37-19-13-15-29-43(37)49(45)57(39-21-5-1-6-22-39)40-23-7-2-8-24-40)53-47-31-17-18-32-48(47)54-52(56)46-36-34-38-20-14-16-30-44(38)50(46)58(41-25-9-3-10-26-41)42-27-11-4-12-28-42/h1-16,19-30,33-36,47-48H,17-18,31-32H2,(H,53,55)(H,54,56)/t47-,48-/m1/s1. The highest BCUT2D eigenvalue weighted by Crippen LogP contribution is 2.39. The second-order valence-electron chi connectivity index (χ2n) is 14.8. The zero-order valence-electron chi connectivity index (χ0n) is 32.2. The fourth-order valence-corrected chi connectivity index (χ4v) is 13.7. The van der Waals surface area contributed by atoms with Gasteiger partial charge in [0.25, 0.3) is 11.8 Å². The molecule has 0 saturated heterocycles. The van der Waals surface area contributed by atoms with Crippen LogP contribution in [0.4, 0.5) is 0 Å². The van der Waals surface area contributed by atoms with Crippen molar-refractivity contribution in [2.75, 3.05) is 0 Å². The van der Waals surface area contributed by atoms with E-state index < -0.39 is 15.8 Å². The van der Waals surface area contributed by atoms with Gasteiger partial charge in [0.2, 0.25) is 0 Å². The topological polar surface area (TPSA) is 58.2 Å². The molecule has 0 bridgehead atoms. The summed E-state index contributed by atoms with van der Waals surface area (Å²) in [7, 11) is -2.14. The quantitative estimate of drug-likeness (QED) is 0.136. The van der Waals surface area contributed by atoms with E-state index in [0.29, 0.717) is 11.1 Å². The number of amides is 2. The lowest BCUT2D eigenvalue weighted by Crippen LogP contribution is -2.54. The van der Waals surface area contributed by atoms with Gasteiger partial charge in [-0.05, 0) is 83.6 Å². The Kier molecular flexibility index (Phi) is 11.2. The molecule has 2 amide bonds. The third kappa shape index (κ3) is 7.71. The van der Waals surface area contributed by atoms with E-state index >= 15 is 0 Å². The van der Waals surface area contributed by atoms with Crippen LogP contribution in [0, 0.1) is 0 Å². The lowest BCUT2D eigenvalue weighted by Gasteiger charge is -2.34. The van der Waals surface area contributed by atoms with Crippen LogP contribution in [0.3, 0.4) is 0 Å². The maximum atomic E-state index is 14.8. The maximum absolute atomic E-state index is 14.8.